The molecule has 0 unspecified atom stereocenters. The van der Waals surface area contributed by atoms with Gasteiger partial charge in [-0.25, -0.2) is 14.8 Å². The van der Waals surface area contributed by atoms with E-state index >= 15 is 28.8 Å². The average Bonchev–Trinajstić information content (AvgIpc) is 1.63. The number of aromatic nitrogens is 4. The third kappa shape index (κ3) is 32.8. The lowest BCUT2D eigenvalue weighted by molar-refractivity contribution is -0.145. The second kappa shape index (κ2) is 53.4. The minimum atomic E-state index is -1.89. The fraction of sp³-hybridized carbons (Fsp3) is 0.571. The van der Waals surface area contributed by atoms with Gasteiger partial charge in [-0.15, -0.1) is 0 Å². The largest absolute Gasteiger partial charge is 0.480 e. The average molecular weight is 2040 g/mol. The van der Waals surface area contributed by atoms with Crippen LogP contribution in [0.5, 0.6) is 0 Å². The van der Waals surface area contributed by atoms with E-state index in [1.807, 2.05) is 54.6 Å². The number of halogens is 1. The van der Waals surface area contributed by atoms with E-state index in [-0.39, 0.29) is 152 Å². The van der Waals surface area contributed by atoms with E-state index in [1.54, 1.807) is 44.3 Å². The van der Waals surface area contributed by atoms with Crippen LogP contribution < -0.4 is 91.6 Å². The van der Waals surface area contributed by atoms with Crippen LogP contribution in [0.15, 0.2) is 108 Å². The number of H-pyrrole nitrogens is 2. The van der Waals surface area contributed by atoms with Gasteiger partial charge in [0.1, 0.15) is 77.4 Å². The SMILES string of the molecule is CC(C)C[C@H](NC(=O)[C@@H](CCCNC(=N)N)NC(=O)[C@@H]1CCCN1C(=O)[C@H](CCCCNC(=N)N)NC(=O)[C@H](CCC(N)=O)NC(=O)C(C)(C)C(=O)NCCCc1cnc[nH]1)C(=O)NC(C)(C)C(=O)N[C@@H](Cc1c[nH]cn1)C(=O)N[C@@H](CC1CCNCC1)C(=O)NCC(=O)N1[C@H](C(=O)N[C@@H](Cc2ccc(Br)cc2)C(=O)N2CCC[C@H]2C(=O)N[C@H](Cc2ccc(-c3ccccc3)cc2)C(=O)O)C[C@@H]2CCCC[C@@H]21. The lowest BCUT2D eigenvalue weighted by Crippen LogP contribution is -2.63. The van der Waals surface area contributed by atoms with Crippen molar-refractivity contribution in [3.8, 4) is 11.1 Å². The normalized spacial score (nSPS) is 18.6. The summed E-state index contributed by atoms with van der Waals surface area (Å²) >= 11 is 3.48. The molecule has 5 aromatic rings. The molecule has 1 aliphatic carbocycles. The highest BCUT2D eigenvalue weighted by Crippen LogP contribution is 2.40. The van der Waals surface area contributed by atoms with Crippen molar-refractivity contribution in [3.63, 3.8) is 0 Å². The Bertz CT molecular complexity index is 5180. The molecule has 4 saturated heterocycles. The molecule has 5 fully saturated rings. The lowest BCUT2D eigenvalue weighted by Gasteiger charge is -2.35. The summed E-state index contributed by atoms with van der Waals surface area (Å²) in [6, 6.07) is 9.15. The van der Waals surface area contributed by atoms with Crippen molar-refractivity contribution in [3.05, 3.63) is 131 Å². The molecule has 43 nitrogen and oxygen atoms in total. The lowest BCUT2D eigenvalue weighted by atomic mass is 9.84. The van der Waals surface area contributed by atoms with Gasteiger partial charge in [0, 0.05) is 87.0 Å². The van der Waals surface area contributed by atoms with Gasteiger partial charge in [0.2, 0.25) is 88.6 Å². The standard InChI is InChI=1S/C98H141BrN26O17/c1-57(2)46-70(116-82(129)67(23-15-41-110-96(103)104)114-86(133)76-25-16-44-123(76)89(136)69(22-12-13-39-109-95(101)102)115-83(130)68(35-36-79(100)126)120-93(141)97(3,4)92(140)108-40-14-21-65-52-106-55-112-65)85(132)122-98(5,6)94(142)121-72(51-66-53-107-56-113-66)84(131)117-71(47-60-37-42-105-43-38-60)81(128)111-54-80(127)125-75-24-11-10-20-63(75)50-78(125)88(135)118-73(48-59-29-33-64(99)34-30-59)90(137)124-45-17-26-77(124)87(134)119-74(91(138)139)49-58-27-31-62(32-28-58)61-18-8-7-9-19-61/h7-9,18-19,27-34,52-53,55-57,60,63,67-78,105H,10-17,20-26,35-51,54H2,1-6H3,(H2,100,126)(H,106,112)(H,107,113)(H,108,140)(H,111,128)(H,114,133)(H,115,130)(H,116,129)(H,117,131)(H,118,135)(H,119,134)(H,120,141)(H,121,142)(H,122,132)(H,138,139)(H4,101,102,109)(H4,103,104,110)/t63-,67+,68-,69-,70-,71-,72-,73-,74+,75-,76-,77-,78-/m0/s1. The number of aryl methyl sites for hydroxylation is 1. The van der Waals surface area contributed by atoms with E-state index in [9.17, 15) is 53.1 Å². The predicted octanol–water partition coefficient (Wildman–Crippen LogP) is 1.10. The number of hydrogen-bond donors (Lipinski definition) is 22. The van der Waals surface area contributed by atoms with Gasteiger partial charge >= 0.3 is 5.97 Å². The van der Waals surface area contributed by atoms with Crippen molar-refractivity contribution >= 4 is 122 Å². The Hall–Kier alpha value is -13.4. The highest BCUT2D eigenvalue weighted by molar-refractivity contribution is 9.10. The van der Waals surface area contributed by atoms with E-state index in [0.29, 0.717) is 81.3 Å². The summed E-state index contributed by atoms with van der Waals surface area (Å²) in [5.74, 6) is -14.0. The summed E-state index contributed by atoms with van der Waals surface area (Å²) in [4.78, 5) is 250. The number of carbonyl (C=O) groups is 16. The van der Waals surface area contributed by atoms with Crippen molar-refractivity contribution in [1.82, 2.24) is 109 Å². The molecule has 0 radical (unpaired) electrons. The fourth-order valence-corrected chi connectivity index (χ4v) is 19.1. The minimum absolute atomic E-state index is 0.00152. The number of carboxylic acids is 1. The molecule has 4 aliphatic heterocycles. The van der Waals surface area contributed by atoms with Crippen LogP contribution in [-0.2, 0) is 102 Å². The predicted molar refractivity (Wildman–Crippen MR) is 529 cm³/mol. The number of aliphatic carboxylic acids is 1. The van der Waals surface area contributed by atoms with Crippen molar-refractivity contribution in [1.29, 1.82) is 10.8 Å². The summed E-state index contributed by atoms with van der Waals surface area (Å²) in [5.41, 5.74) is 17.4. The summed E-state index contributed by atoms with van der Waals surface area (Å²) in [6.45, 7) is 10.2. The van der Waals surface area contributed by atoms with E-state index in [0.717, 1.165) is 34.1 Å². The van der Waals surface area contributed by atoms with Gasteiger partial charge in [0.25, 0.3) is 0 Å². The Morgan fingerprint density at radius 1 is 0.528 bits per heavy atom. The minimum Gasteiger partial charge on any atom is -0.480 e. The second-order valence-corrected chi connectivity index (χ2v) is 39.9. The Morgan fingerprint density at radius 2 is 1.08 bits per heavy atom. The number of aromatic amines is 2. The molecule has 772 valence electrons. The molecule has 5 aliphatic rings. The number of nitrogens with one attached hydrogen (secondary N) is 18. The first-order chi connectivity index (χ1) is 67.7. The summed E-state index contributed by atoms with van der Waals surface area (Å²) in [6.07, 6.45) is 11.9. The first-order valence-corrected chi connectivity index (χ1v) is 50.0. The number of benzene rings is 3. The molecule has 142 heavy (non-hydrogen) atoms. The zero-order valence-electron chi connectivity index (χ0n) is 81.6. The molecule has 0 bridgehead atoms. The smallest absolute Gasteiger partial charge is 0.326 e. The van der Waals surface area contributed by atoms with Crippen LogP contribution in [0, 0.1) is 34.0 Å². The molecule has 1 saturated carbocycles. The van der Waals surface area contributed by atoms with Crippen molar-refractivity contribution in [2.45, 2.75) is 280 Å². The van der Waals surface area contributed by atoms with Crippen LogP contribution in [0.3, 0.4) is 0 Å². The van der Waals surface area contributed by atoms with Crippen molar-refractivity contribution in [2.24, 2.45) is 40.4 Å². The maximum Gasteiger partial charge on any atom is 0.326 e. The summed E-state index contributed by atoms with van der Waals surface area (Å²) in [7, 11) is 0. The maximum atomic E-state index is 15.3. The van der Waals surface area contributed by atoms with Gasteiger partial charge in [-0.1, -0.05) is 109 Å². The molecule has 25 N–H and O–H groups in total. The van der Waals surface area contributed by atoms with Gasteiger partial charge in [-0.2, -0.15) is 0 Å². The third-order valence-electron chi connectivity index (χ3n) is 26.8. The highest BCUT2D eigenvalue weighted by atomic mass is 79.9. The van der Waals surface area contributed by atoms with Crippen LogP contribution in [-0.4, -0.2) is 277 Å². The highest BCUT2D eigenvalue weighted by Gasteiger charge is 2.50. The van der Waals surface area contributed by atoms with Crippen LogP contribution >= 0.6 is 15.9 Å². The maximum absolute atomic E-state index is 15.3. The van der Waals surface area contributed by atoms with Crippen LogP contribution in [0.2, 0.25) is 0 Å². The van der Waals surface area contributed by atoms with E-state index in [2.05, 4.69) is 110 Å². The number of imidazole rings is 2. The number of primary amides is 1. The van der Waals surface area contributed by atoms with Gasteiger partial charge in [0.05, 0.1) is 24.9 Å². The van der Waals surface area contributed by atoms with Crippen LogP contribution in [0.1, 0.15) is 199 Å². The number of hydrogen-bond acceptors (Lipinski definition) is 21. The van der Waals surface area contributed by atoms with Crippen molar-refractivity contribution in [2.75, 3.05) is 52.4 Å². The molecule has 15 amide bonds. The molecular formula is C98H141BrN26O17. The molecule has 10 rings (SSSR count). The number of guanidine groups is 2. The molecule has 13 atom stereocenters. The monoisotopic (exact) mass is 2030 g/mol. The number of rotatable bonds is 52. The van der Waals surface area contributed by atoms with Gasteiger partial charge in [0.15, 0.2) is 11.9 Å². The number of likely N-dealkylation sites (tertiary alicyclic amines) is 3. The molecule has 3 aromatic carbocycles. The Morgan fingerprint density at radius 3 is 1.70 bits per heavy atom. The van der Waals surface area contributed by atoms with Gasteiger partial charge in [-0.3, -0.25) is 82.7 Å². The number of fused-ring (bicyclic) bond motifs is 1. The quantitative estimate of drug-likeness (QED) is 0.0112. The zero-order valence-corrected chi connectivity index (χ0v) is 83.2. The number of unbranched alkanes of at least 4 members (excludes halogenated alkanes) is 1. The van der Waals surface area contributed by atoms with Crippen molar-refractivity contribution < 1.29 is 81.8 Å². The molecule has 44 heteroatoms. The second-order valence-electron chi connectivity index (χ2n) is 38.9. The number of carbonyl (C=O) groups excluding carboxylic acids is 15. The summed E-state index contributed by atoms with van der Waals surface area (Å²) in [5, 5.41) is 65.1. The number of amides is 15. The van der Waals surface area contributed by atoms with Crippen LogP contribution in [0.4, 0.5) is 0 Å². The number of nitrogens with two attached hydrogens (primary N) is 3. The molecule has 0 spiro atoms. The summed E-state index contributed by atoms with van der Waals surface area (Å²) < 4.78 is 0.757. The molecule has 6 heterocycles. The first kappa shape index (κ1) is 111. The van der Waals surface area contributed by atoms with E-state index in [4.69, 9.17) is 28.0 Å². The Labute approximate surface area is 834 Å². The molecular weight excluding hydrogens is 1890 g/mol. The first-order valence-electron chi connectivity index (χ1n) is 49.2. The van der Waals surface area contributed by atoms with Gasteiger partial charge < -0.3 is 121 Å². The third-order valence-corrected chi connectivity index (χ3v) is 27.3. The zero-order chi connectivity index (χ0) is 103. The van der Waals surface area contributed by atoms with E-state index < -0.39 is 191 Å². The van der Waals surface area contributed by atoms with Crippen LogP contribution in [0.25, 0.3) is 11.1 Å². The Kier molecular flexibility index (Phi) is 41.6. The number of piperidine rings is 1. The number of nitrogens with zero attached hydrogens (tertiary/aromatic N) is 5. The van der Waals surface area contributed by atoms with Gasteiger partial charge in [-0.05, 0) is 215 Å². The Balaban J connectivity index is 0.804. The fourth-order valence-electron chi connectivity index (χ4n) is 18.9. The topological polar surface area (TPSA) is 655 Å². The molecule has 2 aromatic heterocycles. The number of carboxylic acid groups (broad SMARTS) is 1. The van der Waals surface area contributed by atoms with E-state index in [1.165, 1.54) is 61.2 Å².